The van der Waals surface area contributed by atoms with E-state index in [4.69, 9.17) is 9.47 Å². The lowest BCUT2D eigenvalue weighted by atomic mass is 10.2. The van der Waals surface area contributed by atoms with Gasteiger partial charge in [-0.05, 0) is 44.9 Å². The summed E-state index contributed by atoms with van der Waals surface area (Å²) in [5, 5.41) is 0. The summed E-state index contributed by atoms with van der Waals surface area (Å²) in [7, 11) is 3.11. The SMILES string of the molecule is COC(N(C)C(=O)OC(C)(C)C)N1C[C@@H]2C[C@H]1C(=O)N2Cc1cccc(F)c1. The molecule has 0 aromatic heterocycles. The Labute approximate surface area is 165 Å². The number of hydrogen-bond acceptors (Lipinski definition) is 5. The predicted molar refractivity (Wildman–Crippen MR) is 101 cm³/mol. The van der Waals surface area contributed by atoms with Crippen LogP contribution in [-0.2, 0) is 20.8 Å². The van der Waals surface area contributed by atoms with E-state index < -0.39 is 18.0 Å². The van der Waals surface area contributed by atoms with Gasteiger partial charge < -0.3 is 14.4 Å². The van der Waals surface area contributed by atoms with Crippen LogP contribution in [-0.4, -0.2) is 71.4 Å². The molecule has 0 aliphatic carbocycles. The van der Waals surface area contributed by atoms with Crippen molar-refractivity contribution in [3.63, 3.8) is 0 Å². The molecule has 1 unspecified atom stereocenters. The van der Waals surface area contributed by atoms with Crippen LogP contribution in [0.3, 0.4) is 0 Å². The van der Waals surface area contributed by atoms with E-state index in [9.17, 15) is 14.0 Å². The fourth-order valence-corrected chi connectivity index (χ4v) is 3.90. The zero-order valence-corrected chi connectivity index (χ0v) is 17.0. The smallest absolute Gasteiger partial charge is 0.413 e. The molecular formula is C20H28FN3O4. The first-order valence-corrected chi connectivity index (χ1v) is 9.40. The van der Waals surface area contributed by atoms with Crippen LogP contribution >= 0.6 is 0 Å². The van der Waals surface area contributed by atoms with Crippen molar-refractivity contribution in [3.05, 3.63) is 35.6 Å². The molecule has 2 heterocycles. The second-order valence-electron chi connectivity index (χ2n) is 8.35. The highest BCUT2D eigenvalue weighted by Crippen LogP contribution is 2.35. The number of likely N-dealkylation sites (tertiary alicyclic amines) is 2. The number of halogens is 1. The Morgan fingerprint density at radius 1 is 1.39 bits per heavy atom. The molecule has 2 aliphatic rings. The van der Waals surface area contributed by atoms with E-state index >= 15 is 0 Å². The Bertz CT molecular complexity index is 751. The Morgan fingerprint density at radius 3 is 2.68 bits per heavy atom. The number of benzene rings is 1. The van der Waals surface area contributed by atoms with Gasteiger partial charge in [-0.3, -0.25) is 9.69 Å². The topological polar surface area (TPSA) is 62.3 Å². The molecule has 2 bridgehead atoms. The van der Waals surface area contributed by atoms with Gasteiger partial charge in [-0.2, -0.15) is 0 Å². The maximum Gasteiger partial charge on any atom is 0.413 e. The standard InChI is InChI=1S/C20H28FN3O4/c1-20(2,3)28-19(26)22(4)18(27-5)24-12-15-10-16(24)17(25)23(15)11-13-7-6-8-14(21)9-13/h6-9,15-16,18H,10-12H2,1-5H3/t15-,16-,18?/m0/s1. The molecule has 2 aliphatic heterocycles. The van der Waals surface area contributed by atoms with E-state index in [2.05, 4.69) is 0 Å². The third-order valence-corrected chi connectivity index (χ3v) is 5.08. The van der Waals surface area contributed by atoms with Gasteiger partial charge in [0.15, 0.2) is 6.35 Å². The van der Waals surface area contributed by atoms with E-state index in [1.54, 1.807) is 38.8 Å². The van der Waals surface area contributed by atoms with Crippen molar-refractivity contribution in [2.75, 3.05) is 20.7 Å². The molecule has 2 saturated heterocycles. The number of fused-ring (bicyclic) bond motifs is 2. The van der Waals surface area contributed by atoms with Crippen LogP contribution in [0, 0.1) is 5.82 Å². The third-order valence-electron chi connectivity index (χ3n) is 5.08. The maximum atomic E-state index is 13.4. The summed E-state index contributed by atoms with van der Waals surface area (Å²) in [5.74, 6) is -0.338. The highest BCUT2D eigenvalue weighted by Gasteiger charge is 2.52. The van der Waals surface area contributed by atoms with Gasteiger partial charge in [0.2, 0.25) is 5.91 Å². The van der Waals surface area contributed by atoms with Gasteiger partial charge in [-0.25, -0.2) is 14.1 Å². The molecule has 2 fully saturated rings. The van der Waals surface area contributed by atoms with Crippen molar-refractivity contribution < 1.29 is 23.5 Å². The summed E-state index contributed by atoms with van der Waals surface area (Å²) in [6.07, 6.45) is -0.535. The normalized spacial score (nSPS) is 23.2. The summed E-state index contributed by atoms with van der Waals surface area (Å²) in [6, 6.07) is 5.93. The molecule has 8 heteroatoms. The Hall–Kier alpha value is -2.19. The van der Waals surface area contributed by atoms with Crippen LogP contribution in [0.4, 0.5) is 9.18 Å². The molecular weight excluding hydrogens is 365 g/mol. The molecule has 1 aromatic rings. The quantitative estimate of drug-likeness (QED) is 0.719. The molecule has 3 rings (SSSR count). The minimum Gasteiger partial charge on any atom is -0.444 e. The zero-order chi connectivity index (χ0) is 20.6. The first-order valence-electron chi connectivity index (χ1n) is 9.40. The third kappa shape index (κ3) is 4.12. The number of nitrogens with zero attached hydrogens (tertiary/aromatic N) is 3. The summed E-state index contributed by atoms with van der Waals surface area (Å²) >= 11 is 0. The molecule has 7 nitrogen and oxygen atoms in total. The number of rotatable bonds is 5. The molecule has 0 radical (unpaired) electrons. The number of ether oxygens (including phenoxy) is 2. The van der Waals surface area contributed by atoms with Gasteiger partial charge in [0.05, 0.1) is 6.04 Å². The van der Waals surface area contributed by atoms with Gasteiger partial charge in [0.1, 0.15) is 11.4 Å². The second kappa shape index (κ2) is 7.67. The second-order valence-corrected chi connectivity index (χ2v) is 8.35. The van der Waals surface area contributed by atoms with Crippen molar-refractivity contribution in [2.24, 2.45) is 0 Å². The minimum atomic E-state index is -0.690. The Morgan fingerprint density at radius 2 is 2.11 bits per heavy atom. The maximum absolute atomic E-state index is 13.4. The van der Waals surface area contributed by atoms with Crippen LogP contribution in [0.15, 0.2) is 24.3 Å². The molecule has 0 N–H and O–H groups in total. The fourth-order valence-electron chi connectivity index (χ4n) is 3.90. The van der Waals surface area contributed by atoms with Gasteiger partial charge in [-0.1, -0.05) is 12.1 Å². The average molecular weight is 393 g/mol. The fraction of sp³-hybridized carbons (Fsp3) is 0.600. The molecule has 0 saturated carbocycles. The van der Waals surface area contributed by atoms with Gasteiger partial charge in [0.25, 0.3) is 0 Å². The molecule has 3 atom stereocenters. The van der Waals surface area contributed by atoms with Gasteiger partial charge in [0, 0.05) is 33.3 Å². The molecule has 0 spiro atoms. The van der Waals surface area contributed by atoms with E-state index in [-0.39, 0.29) is 23.8 Å². The first-order chi connectivity index (χ1) is 13.1. The Balaban J connectivity index is 1.68. The van der Waals surface area contributed by atoms with Crippen LogP contribution in [0.1, 0.15) is 32.8 Å². The van der Waals surface area contributed by atoms with Crippen LogP contribution in [0.25, 0.3) is 0 Å². The van der Waals surface area contributed by atoms with Crippen molar-refractivity contribution in [1.29, 1.82) is 0 Å². The number of carbonyl (C=O) groups is 2. The monoisotopic (exact) mass is 393 g/mol. The Kier molecular flexibility index (Phi) is 5.63. The lowest BCUT2D eigenvalue weighted by Gasteiger charge is -2.41. The van der Waals surface area contributed by atoms with Gasteiger partial charge in [-0.15, -0.1) is 0 Å². The number of amides is 2. The zero-order valence-electron chi connectivity index (χ0n) is 17.0. The van der Waals surface area contributed by atoms with Crippen LogP contribution < -0.4 is 0 Å². The summed E-state index contributed by atoms with van der Waals surface area (Å²) < 4.78 is 24.4. The average Bonchev–Trinajstić information content (AvgIpc) is 3.14. The van der Waals surface area contributed by atoms with E-state index in [0.29, 0.717) is 19.5 Å². The first kappa shape index (κ1) is 20.5. The van der Waals surface area contributed by atoms with Crippen molar-refractivity contribution >= 4 is 12.0 Å². The number of hydrogen-bond donors (Lipinski definition) is 0. The summed E-state index contributed by atoms with van der Waals surface area (Å²) in [6.45, 7) is 6.35. The lowest BCUT2D eigenvalue weighted by molar-refractivity contribution is -0.160. The highest BCUT2D eigenvalue weighted by atomic mass is 19.1. The summed E-state index contributed by atoms with van der Waals surface area (Å²) in [4.78, 5) is 30.4. The number of piperazine rings is 1. The lowest BCUT2D eigenvalue weighted by Crippen LogP contribution is -2.59. The van der Waals surface area contributed by atoms with E-state index in [1.807, 2.05) is 11.0 Å². The van der Waals surface area contributed by atoms with Crippen LogP contribution in [0.2, 0.25) is 0 Å². The van der Waals surface area contributed by atoms with Crippen molar-refractivity contribution in [2.45, 2.75) is 57.8 Å². The molecule has 2 amide bonds. The summed E-state index contributed by atoms with van der Waals surface area (Å²) in [5.41, 5.74) is 0.146. The van der Waals surface area contributed by atoms with Gasteiger partial charge >= 0.3 is 6.09 Å². The highest BCUT2D eigenvalue weighted by molar-refractivity contribution is 5.86. The van der Waals surface area contributed by atoms with E-state index in [0.717, 1.165) is 5.56 Å². The van der Waals surface area contributed by atoms with Crippen LogP contribution in [0.5, 0.6) is 0 Å². The predicted octanol–water partition coefficient (Wildman–Crippen LogP) is 2.41. The van der Waals surface area contributed by atoms with Crippen molar-refractivity contribution in [3.8, 4) is 0 Å². The number of methoxy groups -OCH3 is 1. The van der Waals surface area contributed by atoms with Crippen molar-refractivity contribution in [1.82, 2.24) is 14.7 Å². The number of carbonyl (C=O) groups excluding carboxylic acids is 2. The molecule has 28 heavy (non-hydrogen) atoms. The molecule has 1 aromatic carbocycles. The van der Waals surface area contributed by atoms with E-state index in [1.165, 1.54) is 24.1 Å². The minimum absolute atomic E-state index is 0.00505. The molecule has 154 valence electrons. The largest absolute Gasteiger partial charge is 0.444 e.